The number of carbonyl (C=O) groups excluding carboxylic acids is 3. The second-order valence-electron chi connectivity index (χ2n) is 8.46. The lowest BCUT2D eigenvalue weighted by molar-refractivity contribution is -0.128. The van der Waals surface area contributed by atoms with Crippen molar-refractivity contribution in [1.82, 2.24) is 0 Å². The van der Waals surface area contributed by atoms with E-state index in [9.17, 15) is 27.4 Å². The van der Waals surface area contributed by atoms with Crippen LogP contribution in [0.25, 0.3) is 0 Å². The topological polar surface area (TPSA) is 108 Å². The van der Waals surface area contributed by atoms with Crippen LogP contribution in [0.3, 0.4) is 0 Å². The predicted octanol–water partition coefficient (Wildman–Crippen LogP) is 1.87. The van der Waals surface area contributed by atoms with Crippen molar-refractivity contribution in [1.29, 1.82) is 0 Å². The molecule has 3 fully saturated rings. The Balaban J connectivity index is 0.000000199. The van der Waals surface area contributed by atoms with E-state index in [0.29, 0.717) is 43.7 Å². The first-order chi connectivity index (χ1) is 12.4. The van der Waals surface area contributed by atoms with Gasteiger partial charge in [-0.15, -0.1) is 0 Å². The average Bonchev–Trinajstić information content (AvgIpc) is 2.90. The van der Waals surface area contributed by atoms with Gasteiger partial charge in [-0.3, -0.25) is 14.4 Å². The number of hydrogen-bond donors (Lipinski definition) is 0. The number of ketones is 3. The van der Waals surface area contributed by atoms with Gasteiger partial charge in [-0.25, -0.2) is 8.42 Å². The summed E-state index contributed by atoms with van der Waals surface area (Å²) in [4.78, 5) is 33.8. The minimum atomic E-state index is -4.33. The summed E-state index contributed by atoms with van der Waals surface area (Å²) >= 11 is 0. The van der Waals surface area contributed by atoms with E-state index in [2.05, 4.69) is 0 Å². The lowest BCUT2D eigenvalue weighted by Gasteiger charge is -2.37. The van der Waals surface area contributed by atoms with Crippen LogP contribution in [0.5, 0.6) is 0 Å². The van der Waals surface area contributed by atoms with Crippen LogP contribution in [-0.4, -0.2) is 53.3 Å². The van der Waals surface area contributed by atoms with Crippen molar-refractivity contribution in [2.45, 2.75) is 59.3 Å². The van der Waals surface area contributed by atoms with Crippen LogP contribution < -0.4 is 0 Å². The van der Waals surface area contributed by atoms with E-state index in [1.165, 1.54) is 0 Å². The number of Topliss-reactive ketones (excluding diaryl/α,β-unsaturated/α-hetero) is 3. The van der Waals surface area contributed by atoms with E-state index >= 15 is 0 Å². The van der Waals surface area contributed by atoms with E-state index in [1.54, 1.807) is 0 Å². The summed E-state index contributed by atoms with van der Waals surface area (Å²) < 4.78 is 32.7. The van der Waals surface area contributed by atoms with Crippen LogP contribution >= 0.6 is 0 Å². The molecule has 8 heteroatoms. The van der Waals surface area contributed by atoms with Crippen molar-refractivity contribution in [2.24, 2.45) is 16.7 Å². The normalized spacial score (nSPS) is 30.1. The lowest BCUT2D eigenvalue weighted by Crippen LogP contribution is -2.42. The van der Waals surface area contributed by atoms with Crippen LogP contribution in [0.1, 0.15) is 59.3 Å². The molecule has 6 nitrogen and oxygen atoms in total. The minimum Gasteiger partial charge on any atom is -0.748 e. The van der Waals surface area contributed by atoms with Crippen molar-refractivity contribution in [3.8, 4) is 0 Å². The number of rotatable bonds is 5. The first-order valence-corrected chi connectivity index (χ1v) is 12.9. The standard InChI is InChI=1S/C10H16O4S.C9H15O2S/c1-9(2)7-3-4-10(9,8(11)5-7)6-15(12,13)14;1-2-8(10)7-12-5-3-9(11)4-6-12/h7H,3-6H2,1-2H3,(H,12,13,14);2-7H2,1H3/q;+1/p-1. The third-order valence-electron chi connectivity index (χ3n) is 6.66. The molecule has 0 spiro atoms. The molecule has 0 radical (unpaired) electrons. The van der Waals surface area contributed by atoms with Crippen molar-refractivity contribution < 1.29 is 27.4 Å². The molecule has 1 heterocycles. The maximum Gasteiger partial charge on any atom is 0.181 e. The Bertz CT molecular complexity index is 702. The SMILES string of the molecule is CC1(C)C2CCC1(CS(=O)(=O)[O-])C(=O)C2.CCC(=O)C[S+]1CCC(=O)CC1. The zero-order valence-corrected chi connectivity index (χ0v) is 18.0. The third-order valence-corrected chi connectivity index (χ3v) is 9.80. The van der Waals surface area contributed by atoms with Crippen molar-refractivity contribution in [2.75, 3.05) is 23.0 Å². The van der Waals surface area contributed by atoms with Gasteiger partial charge >= 0.3 is 0 Å². The molecule has 2 atom stereocenters. The highest BCUT2D eigenvalue weighted by Gasteiger charge is 2.64. The molecule has 154 valence electrons. The summed E-state index contributed by atoms with van der Waals surface area (Å²) in [6, 6.07) is 0. The summed E-state index contributed by atoms with van der Waals surface area (Å²) in [6.07, 6.45) is 3.94. The van der Waals surface area contributed by atoms with Gasteiger partial charge in [-0.2, -0.15) is 0 Å². The molecular formula is C19H30O6S2. The van der Waals surface area contributed by atoms with Gasteiger partial charge in [0.15, 0.2) is 11.5 Å². The summed E-state index contributed by atoms with van der Waals surface area (Å²) in [6.45, 7) is 5.74. The van der Waals surface area contributed by atoms with Crippen LogP contribution in [0, 0.1) is 16.7 Å². The van der Waals surface area contributed by atoms with Gasteiger partial charge in [0.05, 0.1) is 28.7 Å². The van der Waals surface area contributed by atoms with Crippen molar-refractivity contribution in [3.63, 3.8) is 0 Å². The van der Waals surface area contributed by atoms with E-state index < -0.39 is 21.3 Å². The highest BCUT2D eigenvalue weighted by Crippen LogP contribution is 2.64. The molecule has 3 rings (SSSR count). The number of carbonyl (C=O) groups is 3. The third kappa shape index (κ3) is 5.01. The largest absolute Gasteiger partial charge is 0.748 e. The molecule has 0 amide bonds. The van der Waals surface area contributed by atoms with Crippen molar-refractivity contribution >= 4 is 38.4 Å². The molecule has 0 aromatic heterocycles. The summed E-state index contributed by atoms with van der Waals surface area (Å²) in [5, 5.41) is 0. The van der Waals surface area contributed by atoms with E-state index in [1.807, 2.05) is 20.8 Å². The van der Waals surface area contributed by atoms with Gasteiger partial charge in [-0.05, 0) is 35.1 Å². The molecule has 3 aliphatic rings. The Kier molecular flexibility index (Phi) is 6.96. The van der Waals surface area contributed by atoms with Gasteiger partial charge in [0.25, 0.3) is 0 Å². The van der Waals surface area contributed by atoms with E-state index in [0.717, 1.165) is 23.7 Å². The smallest absolute Gasteiger partial charge is 0.181 e. The van der Waals surface area contributed by atoms with E-state index in [4.69, 9.17) is 0 Å². The maximum absolute atomic E-state index is 11.8. The zero-order valence-electron chi connectivity index (χ0n) is 16.4. The Morgan fingerprint density at radius 3 is 2.22 bits per heavy atom. The first kappa shape index (κ1) is 22.6. The molecule has 2 unspecified atom stereocenters. The molecule has 2 bridgehead atoms. The second-order valence-corrected chi connectivity index (χ2v) is 12.2. The second kappa shape index (κ2) is 8.33. The Labute approximate surface area is 165 Å². The molecule has 2 aliphatic carbocycles. The van der Waals surface area contributed by atoms with Crippen molar-refractivity contribution in [3.05, 3.63) is 0 Å². The van der Waals surface area contributed by atoms with Gasteiger partial charge in [-0.1, -0.05) is 20.8 Å². The molecule has 2 saturated carbocycles. The first-order valence-electron chi connectivity index (χ1n) is 9.55. The Hall–Kier alpha value is -0.730. The molecule has 1 aliphatic heterocycles. The Morgan fingerprint density at radius 2 is 1.81 bits per heavy atom. The summed E-state index contributed by atoms with van der Waals surface area (Å²) in [5.41, 5.74) is -1.22. The summed E-state index contributed by atoms with van der Waals surface area (Å²) in [5.74, 6) is 3.10. The van der Waals surface area contributed by atoms with Crippen LogP contribution in [0.2, 0.25) is 0 Å². The van der Waals surface area contributed by atoms with Crippen LogP contribution in [0.4, 0.5) is 0 Å². The van der Waals surface area contributed by atoms with E-state index in [-0.39, 0.29) is 28.0 Å². The quantitative estimate of drug-likeness (QED) is 0.498. The summed E-state index contributed by atoms with van der Waals surface area (Å²) in [7, 11) is -4.09. The minimum absolute atomic E-state index is 0.0248. The van der Waals surface area contributed by atoms with Crippen LogP contribution in [0.15, 0.2) is 0 Å². The average molecular weight is 419 g/mol. The molecule has 27 heavy (non-hydrogen) atoms. The molecule has 0 aromatic carbocycles. The number of hydrogen-bond acceptors (Lipinski definition) is 6. The fourth-order valence-corrected chi connectivity index (χ4v) is 8.09. The fraction of sp³-hybridized carbons (Fsp3) is 0.842. The lowest BCUT2D eigenvalue weighted by atomic mass is 9.70. The maximum atomic E-state index is 11.8. The van der Waals surface area contributed by atoms with Gasteiger partial charge in [0.2, 0.25) is 0 Å². The predicted molar refractivity (Wildman–Crippen MR) is 105 cm³/mol. The molecular weight excluding hydrogens is 388 g/mol. The fourth-order valence-electron chi connectivity index (χ4n) is 4.63. The van der Waals surface area contributed by atoms with Crippen LogP contribution in [-0.2, 0) is 35.4 Å². The van der Waals surface area contributed by atoms with Gasteiger partial charge < -0.3 is 4.55 Å². The monoisotopic (exact) mass is 418 g/mol. The zero-order chi connectivity index (χ0) is 20.5. The van der Waals surface area contributed by atoms with Gasteiger partial charge in [0.1, 0.15) is 23.1 Å². The molecule has 0 N–H and O–H groups in total. The highest BCUT2D eigenvalue weighted by atomic mass is 32.2. The number of fused-ring (bicyclic) bond motifs is 2. The highest BCUT2D eigenvalue weighted by molar-refractivity contribution is 7.97. The molecule has 0 aromatic rings. The Morgan fingerprint density at radius 1 is 1.22 bits per heavy atom. The van der Waals surface area contributed by atoms with Gasteiger partial charge in [0, 0.05) is 18.3 Å². The molecule has 1 saturated heterocycles.